The van der Waals surface area contributed by atoms with E-state index in [1.807, 2.05) is 0 Å². The minimum absolute atomic E-state index is 0.179. The van der Waals surface area contributed by atoms with E-state index in [-0.39, 0.29) is 28.3 Å². The number of piperidine rings is 1. The molecule has 8 nitrogen and oxygen atoms in total. The smallest absolute Gasteiger partial charge is 0.257 e. The summed E-state index contributed by atoms with van der Waals surface area (Å²) >= 11 is 2.63. The lowest BCUT2D eigenvalue weighted by Crippen LogP contribution is -2.35. The number of carbonyl (C=O) groups excluding carboxylic acids is 2. The first-order valence-electron chi connectivity index (χ1n) is 11.3. The summed E-state index contributed by atoms with van der Waals surface area (Å²) in [5, 5.41) is 7.63. The van der Waals surface area contributed by atoms with Gasteiger partial charge >= 0.3 is 0 Å². The first-order valence-corrected chi connectivity index (χ1v) is 14.8. The summed E-state index contributed by atoms with van der Waals surface area (Å²) in [6.07, 6.45) is 2.75. The van der Waals surface area contributed by atoms with E-state index in [4.69, 9.17) is 0 Å². The highest BCUT2D eigenvalue weighted by molar-refractivity contribution is 7.99. The van der Waals surface area contributed by atoms with E-state index < -0.39 is 10.0 Å². The fraction of sp³-hybridized carbons (Fsp3) is 0.292. The van der Waals surface area contributed by atoms with Gasteiger partial charge in [-0.25, -0.2) is 17.8 Å². The van der Waals surface area contributed by atoms with E-state index in [9.17, 15) is 22.4 Å². The Morgan fingerprint density at radius 1 is 1.00 bits per heavy atom. The van der Waals surface area contributed by atoms with Gasteiger partial charge in [0, 0.05) is 35.5 Å². The number of thioether (sulfide) groups is 1. The van der Waals surface area contributed by atoms with E-state index in [1.165, 1.54) is 75.9 Å². The van der Waals surface area contributed by atoms with Gasteiger partial charge in [-0.1, -0.05) is 6.42 Å². The molecule has 1 aliphatic rings. The summed E-state index contributed by atoms with van der Waals surface area (Å²) in [6.45, 7) is 1.04. The van der Waals surface area contributed by atoms with Gasteiger partial charge in [-0.2, -0.15) is 4.31 Å². The van der Waals surface area contributed by atoms with Gasteiger partial charge in [0.2, 0.25) is 15.9 Å². The molecule has 0 unspecified atom stereocenters. The van der Waals surface area contributed by atoms with Gasteiger partial charge in [-0.15, -0.1) is 23.1 Å². The molecule has 12 heteroatoms. The molecular weight excluding hydrogens is 523 g/mol. The van der Waals surface area contributed by atoms with Crippen molar-refractivity contribution in [2.45, 2.75) is 29.9 Å². The van der Waals surface area contributed by atoms with Crippen molar-refractivity contribution in [3.63, 3.8) is 0 Å². The SMILES string of the molecule is O=C(CSCc1csc(NC(=O)c2ccc(S(=O)(=O)N3CCCCC3)cc2)n1)Nc1ccc(F)cc1. The molecule has 0 aliphatic carbocycles. The number of nitrogens with zero attached hydrogens (tertiary/aromatic N) is 2. The standard InChI is InChI=1S/C24H25FN4O4S3/c25-18-6-8-19(9-7-18)26-22(30)16-34-14-20-15-35-24(27-20)28-23(31)17-4-10-21(11-5-17)36(32,33)29-12-2-1-3-13-29/h4-11,15H,1-3,12-14,16H2,(H,26,30)(H,27,28,31). The predicted molar refractivity (Wildman–Crippen MR) is 140 cm³/mol. The molecule has 1 aromatic heterocycles. The van der Waals surface area contributed by atoms with Crippen molar-refractivity contribution in [2.75, 3.05) is 29.5 Å². The zero-order valence-electron chi connectivity index (χ0n) is 19.3. The summed E-state index contributed by atoms with van der Waals surface area (Å²) in [6, 6.07) is 11.5. The van der Waals surface area contributed by atoms with Crippen LogP contribution in [0.4, 0.5) is 15.2 Å². The fourth-order valence-electron chi connectivity index (χ4n) is 3.61. The lowest BCUT2D eigenvalue weighted by molar-refractivity contribution is -0.113. The maximum atomic E-state index is 12.9. The quantitative estimate of drug-likeness (QED) is 0.405. The van der Waals surface area contributed by atoms with Crippen LogP contribution in [0.25, 0.3) is 0 Å². The molecule has 2 amide bonds. The Bertz CT molecular complexity index is 1310. The van der Waals surface area contributed by atoms with Crippen molar-refractivity contribution >= 4 is 55.8 Å². The molecule has 2 aromatic carbocycles. The van der Waals surface area contributed by atoms with Crippen LogP contribution in [0.5, 0.6) is 0 Å². The van der Waals surface area contributed by atoms with Gasteiger partial charge in [0.15, 0.2) is 5.13 Å². The van der Waals surface area contributed by atoms with Crippen LogP contribution in [0.2, 0.25) is 0 Å². The number of hydrogen-bond acceptors (Lipinski definition) is 7. The van der Waals surface area contributed by atoms with Crippen LogP contribution in [0.1, 0.15) is 35.3 Å². The molecule has 1 saturated heterocycles. The summed E-state index contributed by atoms with van der Waals surface area (Å²) < 4.78 is 40.0. The second-order valence-electron chi connectivity index (χ2n) is 8.14. The number of thiazole rings is 1. The Kier molecular flexibility index (Phi) is 8.72. The normalized spacial score (nSPS) is 14.4. The highest BCUT2D eigenvalue weighted by Crippen LogP contribution is 2.23. The van der Waals surface area contributed by atoms with Crippen LogP contribution >= 0.6 is 23.1 Å². The van der Waals surface area contributed by atoms with E-state index in [0.29, 0.717) is 35.2 Å². The Hall–Kier alpha value is -2.80. The average molecular weight is 549 g/mol. The van der Waals surface area contributed by atoms with Crippen LogP contribution in [0.3, 0.4) is 0 Å². The molecule has 1 fully saturated rings. The Balaban J connectivity index is 1.25. The van der Waals surface area contributed by atoms with Crippen LogP contribution in [-0.4, -0.2) is 48.4 Å². The van der Waals surface area contributed by atoms with Gasteiger partial charge in [0.25, 0.3) is 5.91 Å². The number of halogens is 1. The molecule has 4 rings (SSSR count). The molecule has 2 N–H and O–H groups in total. The Morgan fingerprint density at radius 2 is 1.69 bits per heavy atom. The van der Waals surface area contributed by atoms with Crippen molar-refractivity contribution in [3.05, 3.63) is 71.0 Å². The van der Waals surface area contributed by atoms with Gasteiger partial charge in [0.1, 0.15) is 5.82 Å². The topological polar surface area (TPSA) is 108 Å². The van der Waals surface area contributed by atoms with E-state index >= 15 is 0 Å². The van der Waals surface area contributed by atoms with Crippen LogP contribution < -0.4 is 10.6 Å². The number of hydrogen-bond donors (Lipinski definition) is 2. The third kappa shape index (κ3) is 6.90. The molecule has 0 spiro atoms. The number of benzene rings is 2. The lowest BCUT2D eigenvalue weighted by atomic mass is 10.2. The molecule has 2 heterocycles. The minimum Gasteiger partial charge on any atom is -0.325 e. The van der Waals surface area contributed by atoms with E-state index in [0.717, 1.165) is 25.0 Å². The van der Waals surface area contributed by atoms with Gasteiger partial charge in [-0.3, -0.25) is 14.9 Å². The number of amides is 2. The fourth-order valence-corrected chi connectivity index (χ4v) is 6.66. The second kappa shape index (κ2) is 12.0. The molecule has 36 heavy (non-hydrogen) atoms. The largest absolute Gasteiger partial charge is 0.325 e. The zero-order valence-corrected chi connectivity index (χ0v) is 21.7. The van der Waals surface area contributed by atoms with Crippen molar-refractivity contribution in [3.8, 4) is 0 Å². The minimum atomic E-state index is -3.55. The van der Waals surface area contributed by atoms with Crippen molar-refractivity contribution in [1.82, 2.24) is 9.29 Å². The van der Waals surface area contributed by atoms with Gasteiger partial charge in [-0.05, 0) is 61.4 Å². The molecule has 0 radical (unpaired) electrons. The van der Waals surface area contributed by atoms with Gasteiger partial charge < -0.3 is 5.32 Å². The maximum Gasteiger partial charge on any atom is 0.257 e. The van der Waals surface area contributed by atoms with Crippen molar-refractivity contribution < 1.29 is 22.4 Å². The first-order chi connectivity index (χ1) is 17.3. The number of carbonyl (C=O) groups is 2. The zero-order chi connectivity index (χ0) is 25.5. The highest BCUT2D eigenvalue weighted by Gasteiger charge is 2.26. The summed E-state index contributed by atoms with van der Waals surface area (Å²) in [7, 11) is -3.55. The van der Waals surface area contributed by atoms with E-state index in [1.54, 1.807) is 5.38 Å². The lowest BCUT2D eigenvalue weighted by Gasteiger charge is -2.25. The van der Waals surface area contributed by atoms with Crippen LogP contribution in [-0.2, 0) is 20.6 Å². The molecule has 1 aliphatic heterocycles. The third-order valence-corrected chi connectivity index (χ3v) is 9.14. The Labute approximate surface area is 217 Å². The van der Waals surface area contributed by atoms with Crippen molar-refractivity contribution in [1.29, 1.82) is 0 Å². The predicted octanol–water partition coefficient (Wildman–Crippen LogP) is 4.58. The maximum absolute atomic E-state index is 12.9. The molecule has 0 atom stereocenters. The number of rotatable bonds is 9. The number of sulfonamides is 1. The molecular formula is C24H25FN4O4S3. The number of aromatic nitrogens is 1. The summed E-state index contributed by atoms with van der Waals surface area (Å²) in [5.41, 5.74) is 1.58. The average Bonchev–Trinajstić information content (AvgIpc) is 3.33. The van der Waals surface area contributed by atoms with Gasteiger partial charge in [0.05, 0.1) is 16.3 Å². The van der Waals surface area contributed by atoms with Crippen LogP contribution in [0, 0.1) is 5.82 Å². The van der Waals surface area contributed by atoms with Crippen molar-refractivity contribution in [2.24, 2.45) is 0 Å². The molecule has 3 aromatic rings. The number of nitrogens with one attached hydrogen (secondary N) is 2. The third-order valence-electron chi connectivity index (χ3n) is 5.45. The highest BCUT2D eigenvalue weighted by atomic mass is 32.2. The Morgan fingerprint density at radius 3 is 2.39 bits per heavy atom. The molecule has 0 saturated carbocycles. The first kappa shape index (κ1) is 26.3. The van der Waals surface area contributed by atoms with E-state index in [2.05, 4.69) is 15.6 Å². The van der Waals surface area contributed by atoms with Crippen LogP contribution in [0.15, 0.2) is 58.8 Å². The second-order valence-corrected chi connectivity index (χ2v) is 11.9. The molecule has 0 bridgehead atoms. The monoisotopic (exact) mass is 548 g/mol. The molecule has 190 valence electrons. The summed E-state index contributed by atoms with van der Waals surface area (Å²) in [4.78, 5) is 29.2. The summed E-state index contributed by atoms with van der Waals surface area (Å²) in [5.74, 6) is -0.285. The number of anilines is 2.